The highest BCUT2D eigenvalue weighted by Gasteiger charge is 2.19. The minimum Gasteiger partial charge on any atom is -0.494 e. The lowest BCUT2D eigenvalue weighted by molar-refractivity contribution is -0.111. The minimum absolute atomic E-state index is 0.185. The molecule has 0 unspecified atom stereocenters. The number of fused-ring (bicyclic) bond motifs is 1. The number of aromatic nitrogens is 4. The molecule has 0 bridgehead atoms. The van der Waals surface area contributed by atoms with E-state index in [9.17, 15) is 9.59 Å². The lowest BCUT2D eigenvalue weighted by atomic mass is 10.1. The van der Waals surface area contributed by atoms with E-state index in [-0.39, 0.29) is 17.5 Å². The van der Waals surface area contributed by atoms with Gasteiger partial charge in [0.05, 0.1) is 24.2 Å². The topological polar surface area (TPSA) is 118 Å². The van der Waals surface area contributed by atoms with E-state index < -0.39 is 0 Å². The maximum atomic E-state index is 13.3. The Morgan fingerprint density at radius 2 is 1.90 bits per heavy atom. The highest BCUT2D eigenvalue weighted by molar-refractivity contribution is 5.99. The maximum absolute atomic E-state index is 13.3. The fourth-order valence-electron chi connectivity index (χ4n) is 4.75. The van der Waals surface area contributed by atoms with Crippen molar-refractivity contribution < 1.29 is 9.53 Å². The van der Waals surface area contributed by atoms with E-state index in [0.717, 1.165) is 31.9 Å². The molecule has 11 nitrogen and oxygen atoms in total. The molecular formula is C30H34N8O3. The van der Waals surface area contributed by atoms with Gasteiger partial charge in [-0.05, 0) is 51.2 Å². The van der Waals surface area contributed by atoms with Crippen molar-refractivity contribution in [1.82, 2.24) is 24.6 Å². The lowest BCUT2D eigenvalue weighted by Gasteiger charge is -2.34. The number of nitrogens with zero attached hydrogens (tertiary/aromatic N) is 6. The zero-order chi connectivity index (χ0) is 29.1. The van der Waals surface area contributed by atoms with Crippen molar-refractivity contribution in [2.45, 2.75) is 19.9 Å². The second kappa shape index (κ2) is 11.8. The van der Waals surface area contributed by atoms with Crippen LogP contribution in [-0.4, -0.2) is 70.9 Å². The molecular weight excluding hydrogens is 520 g/mol. The zero-order valence-electron chi connectivity index (χ0n) is 23.7. The molecule has 2 aromatic heterocycles. The quantitative estimate of drug-likeness (QED) is 0.311. The molecule has 1 fully saturated rings. The summed E-state index contributed by atoms with van der Waals surface area (Å²) in [5.41, 5.74) is 3.64. The molecule has 2 aromatic carbocycles. The third kappa shape index (κ3) is 5.90. The van der Waals surface area contributed by atoms with Crippen LogP contribution >= 0.6 is 0 Å². The standard InChI is InChI=1S/C30H34N8O3/c1-6-26(39)32-21-9-7-8-20(16-21)27-28-23(29(40)38(35-27)19(2)3)18-31-30(34-28)33-24-11-10-22(17-25(24)41-5)37-14-12-36(4)13-15-37/h6-11,16-19H,1,12-15H2,2-5H3,(H,32,39)(H,31,33,34). The predicted octanol–water partition coefficient (Wildman–Crippen LogP) is 4.06. The molecule has 0 radical (unpaired) electrons. The summed E-state index contributed by atoms with van der Waals surface area (Å²) in [7, 11) is 3.76. The van der Waals surface area contributed by atoms with Crippen molar-refractivity contribution in [2.75, 3.05) is 55.9 Å². The summed E-state index contributed by atoms with van der Waals surface area (Å²) >= 11 is 0. The van der Waals surface area contributed by atoms with E-state index in [4.69, 9.17) is 9.72 Å². The molecule has 11 heteroatoms. The van der Waals surface area contributed by atoms with Gasteiger partial charge in [-0.15, -0.1) is 0 Å². The number of piperazine rings is 1. The first-order valence-electron chi connectivity index (χ1n) is 13.5. The molecule has 0 saturated carbocycles. The van der Waals surface area contributed by atoms with E-state index in [0.29, 0.717) is 45.2 Å². The first-order chi connectivity index (χ1) is 19.8. The Kier molecular flexibility index (Phi) is 7.97. The molecule has 1 amide bonds. The van der Waals surface area contributed by atoms with Crippen LogP contribution in [0.2, 0.25) is 0 Å². The Morgan fingerprint density at radius 3 is 2.61 bits per heavy atom. The van der Waals surface area contributed by atoms with Crippen LogP contribution in [-0.2, 0) is 4.79 Å². The monoisotopic (exact) mass is 554 g/mol. The number of methoxy groups -OCH3 is 1. The fourth-order valence-corrected chi connectivity index (χ4v) is 4.75. The van der Waals surface area contributed by atoms with Crippen LogP contribution in [0.4, 0.5) is 23.0 Å². The number of anilines is 4. The van der Waals surface area contributed by atoms with Gasteiger partial charge in [0.25, 0.3) is 5.56 Å². The third-order valence-electron chi connectivity index (χ3n) is 7.04. The summed E-state index contributed by atoms with van der Waals surface area (Å²) in [5, 5.41) is 11.0. The van der Waals surface area contributed by atoms with Crippen LogP contribution in [0.25, 0.3) is 22.2 Å². The van der Waals surface area contributed by atoms with Crippen molar-refractivity contribution in [3.63, 3.8) is 0 Å². The summed E-state index contributed by atoms with van der Waals surface area (Å²) in [4.78, 5) is 39.0. The number of benzene rings is 2. The third-order valence-corrected chi connectivity index (χ3v) is 7.04. The Balaban J connectivity index is 1.54. The van der Waals surface area contributed by atoms with E-state index in [1.165, 1.54) is 17.0 Å². The molecule has 212 valence electrons. The molecule has 3 heterocycles. The number of carbonyl (C=O) groups is 1. The number of hydrogen-bond acceptors (Lipinski definition) is 9. The first-order valence-corrected chi connectivity index (χ1v) is 13.5. The number of hydrogen-bond donors (Lipinski definition) is 2. The summed E-state index contributed by atoms with van der Waals surface area (Å²) in [6.45, 7) is 11.2. The van der Waals surface area contributed by atoms with Crippen LogP contribution in [0.5, 0.6) is 5.75 Å². The van der Waals surface area contributed by atoms with Crippen LogP contribution in [0.3, 0.4) is 0 Å². The minimum atomic E-state index is -0.325. The van der Waals surface area contributed by atoms with Gasteiger partial charge in [0.15, 0.2) is 0 Å². The van der Waals surface area contributed by atoms with Gasteiger partial charge >= 0.3 is 0 Å². The van der Waals surface area contributed by atoms with Gasteiger partial charge in [-0.1, -0.05) is 18.7 Å². The molecule has 0 atom stereocenters. The second-order valence-electron chi connectivity index (χ2n) is 10.2. The molecule has 1 aliphatic rings. The van der Waals surface area contributed by atoms with Gasteiger partial charge in [0, 0.05) is 55.4 Å². The number of amides is 1. The molecule has 0 spiro atoms. The number of likely N-dealkylation sites (N-methyl/N-ethyl adjacent to an activating group) is 1. The van der Waals surface area contributed by atoms with Gasteiger partial charge in [0.1, 0.15) is 17.0 Å². The molecule has 2 N–H and O–H groups in total. The van der Waals surface area contributed by atoms with Crippen LogP contribution in [0, 0.1) is 0 Å². The van der Waals surface area contributed by atoms with Gasteiger partial charge in [-0.3, -0.25) is 9.59 Å². The molecule has 1 saturated heterocycles. The Morgan fingerprint density at radius 1 is 1.12 bits per heavy atom. The van der Waals surface area contributed by atoms with E-state index in [1.807, 2.05) is 32.0 Å². The second-order valence-corrected chi connectivity index (χ2v) is 10.2. The van der Waals surface area contributed by atoms with E-state index in [2.05, 4.69) is 50.2 Å². The van der Waals surface area contributed by atoms with Crippen LogP contribution < -0.4 is 25.8 Å². The number of carbonyl (C=O) groups excluding carboxylic acids is 1. The van der Waals surface area contributed by atoms with Crippen molar-refractivity contribution in [3.05, 3.63) is 71.7 Å². The maximum Gasteiger partial charge on any atom is 0.278 e. The molecule has 1 aliphatic heterocycles. The highest BCUT2D eigenvalue weighted by Crippen LogP contribution is 2.33. The molecule has 0 aliphatic carbocycles. The van der Waals surface area contributed by atoms with Crippen LogP contribution in [0.15, 0.2) is 66.1 Å². The number of nitrogens with one attached hydrogen (secondary N) is 2. The molecule has 41 heavy (non-hydrogen) atoms. The average Bonchev–Trinajstić information content (AvgIpc) is 2.98. The SMILES string of the molecule is C=CC(=O)Nc1cccc(-c2nn(C(C)C)c(=O)c3cnc(Nc4ccc(N5CCN(C)CC5)cc4OC)nc23)c1. The van der Waals surface area contributed by atoms with Crippen molar-refractivity contribution in [1.29, 1.82) is 0 Å². The Hall–Kier alpha value is -4.77. The Labute approximate surface area is 238 Å². The fraction of sp³-hybridized carbons (Fsp3) is 0.300. The lowest BCUT2D eigenvalue weighted by Crippen LogP contribution is -2.44. The Bertz CT molecular complexity index is 1660. The van der Waals surface area contributed by atoms with Gasteiger partial charge < -0.3 is 25.2 Å². The van der Waals surface area contributed by atoms with Crippen molar-refractivity contribution in [2.24, 2.45) is 0 Å². The number of ether oxygens (including phenoxy) is 1. The smallest absolute Gasteiger partial charge is 0.278 e. The molecule has 5 rings (SSSR count). The summed E-state index contributed by atoms with van der Waals surface area (Å²) in [6.07, 6.45) is 2.72. The first kappa shape index (κ1) is 27.8. The van der Waals surface area contributed by atoms with E-state index in [1.54, 1.807) is 25.3 Å². The van der Waals surface area contributed by atoms with Gasteiger partial charge in [0.2, 0.25) is 11.9 Å². The van der Waals surface area contributed by atoms with E-state index >= 15 is 0 Å². The predicted molar refractivity (Wildman–Crippen MR) is 162 cm³/mol. The van der Waals surface area contributed by atoms with Crippen molar-refractivity contribution >= 4 is 39.8 Å². The van der Waals surface area contributed by atoms with Crippen molar-refractivity contribution in [3.8, 4) is 17.0 Å². The normalized spacial score (nSPS) is 13.8. The summed E-state index contributed by atoms with van der Waals surface area (Å²) < 4.78 is 7.12. The number of rotatable bonds is 8. The average molecular weight is 555 g/mol. The van der Waals surface area contributed by atoms with Crippen LogP contribution in [0.1, 0.15) is 19.9 Å². The summed E-state index contributed by atoms with van der Waals surface area (Å²) in [6, 6.07) is 13.0. The largest absolute Gasteiger partial charge is 0.494 e. The molecule has 4 aromatic rings. The highest BCUT2D eigenvalue weighted by atomic mass is 16.5. The zero-order valence-corrected chi connectivity index (χ0v) is 23.7. The van der Waals surface area contributed by atoms with Gasteiger partial charge in [-0.25, -0.2) is 14.6 Å². The van der Waals surface area contributed by atoms with Gasteiger partial charge in [-0.2, -0.15) is 5.10 Å². The summed E-state index contributed by atoms with van der Waals surface area (Å²) in [5.74, 6) is 0.627.